The fourth-order valence-corrected chi connectivity index (χ4v) is 7.21. The highest BCUT2D eigenvalue weighted by atomic mass is 35.5. The lowest BCUT2D eigenvalue weighted by molar-refractivity contribution is -0.141. The average molecular weight is 679 g/mol. The molecule has 3 aromatic carbocycles. The van der Waals surface area contributed by atoms with Gasteiger partial charge in [-0.05, 0) is 60.7 Å². The van der Waals surface area contributed by atoms with Crippen molar-refractivity contribution in [1.82, 2.24) is 10.2 Å². The molecule has 3 aromatic rings. The van der Waals surface area contributed by atoms with Gasteiger partial charge in [-0.2, -0.15) is 0 Å². The molecular weight excluding hydrogens is 641 g/mol. The van der Waals surface area contributed by atoms with Gasteiger partial charge in [0.15, 0.2) is 0 Å². The summed E-state index contributed by atoms with van der Waals surface area (Å²) in [5, 5.41) is 4.33. The van der Waals surface area contributed by atoms with E-state index in [1.807, 2.05) is 42.5 Å². The third-order valence-electron chi connectivity index (χ3n) is 7.79. The fourth-order valence-electron chi connectivity index (χ4n) is 5.59. The fraction of sp³-hybridized carbons (Fsp3) is 0.394. The smallest absolute Gasteiger partial charge is 0.243 e. The van der Waals surface area contributed by atoms with E-state index in [-0.39, 0.29) is 54.5 Å². The number of hydrogen-bond acceptors (Lipinski definition) is 4. The maximum absolute atomic E-state index is 14.0. The van der Waals surface area contributed by atoms with Crippen LogP contribution in [0.3, 0.4) is 0 Å². The SMILES string of the molecule is CS(=O)(=O)N(CCCC(=O)N(Cc1cccc(Cl)c1)[C@H](Cc1ccccc1)C(=O)NC1CCCCC1)c1cc(Cl)ccc1Cl. The molecule has 0 spiro atoms. The molecule has 44 heavy (non-hydrogen) atoms. The lowest BCUT2D eigenvalue weighted by Crippen LogP contribution is -2.52. The molecule has 1 aliphatic rings. The third kappa shape index (κ3) is 9.86. The number of halogens is 3. The van der Waals surface area contributed by atoms with Gasteiger partial charge < -0.3 is 10.2 Å². The van der Waals surface area contributed by atoms with Gasteiger partial charge in [0.2, 0.25) is 21.8 Å². The zero-order valence-corrected chi connectivity index (χ0v) is 27.8. The number of rotatable bonds is 13. The van der Waals surface area contributed by atoms with Crippen LogP contribution in [0.25, 0.3) is 0 Å². The van der Waals surface area contributed by atoms with Crippen molar-refractivity contribution in [1.29, 1.82) is 0 Å². The van der Waals surface area contributed by atoms with E-state index in [2.05, 4.69) is 5.32 Å². The molecule has 236 valence electrons. The summed E-state index contributed by atoms with van der Waals surface area (Å²) >= 11 is 18.8. The van der Waals surface area contributed by atoms with Crippen molar-refractivity contribution in [2.24, 2.45) is 0 Å². The van der Waals surface area contributed by atoms with Gasteiger partial charge >= 0.3 is 0 Å². The molecule has 0 aromatic heterocycles. The Labute approximate surface area is 275 Å². The van der Waals surface area contributed by atoms with E-state index in [0.29, 0.717) is 16.5 Å². The van der Waals surface area contributed by atoms with Crippen molar-refractivity contribution >= 4 is 62.3 Å². The minimum Gasteiger partial charge on any atom is -0.352 e. The summed E-state index contributed by atoms with van der Waals surface area (Å²) < 4.78 is 26.6. The van der Waals surface area contributed by atoms with E-state index in [4.69, 9.17) is 34.8 Å². The summed E-state index contributed by atoms with van der Waals surface area (Å²) in [7, 11) is -3.73. The summed E-state index contributed by atoms with van der Waals surface area (Å²) in [4.78, 5) is 29.6. The van der Waals surface area contributed by atoms with E-state index in [0.717, 1.165) is 53.8 Å². The van der Waals surface area contributed by atoms with Crippen LogP contribution in [0.15, 0.2) is 72.8 Å². The molecule has 0 radical (unpaired) electrons. The van der Waals surface area contributed by atoms with E-state index in [9.17, 15) is 18.0 Å². The molecular formula is C33H38Cl3N3O4S. The first-order chi connectivity index (χ1) is 21.0. The standard InChI is InChI=1S/C33H38Cl3N3O4S/c1-44(42,43)39(30-22-27(35)17-18-29(30)36)19-9-16-32(40)38(23-25-12-8-13-26(34)20-25)31(21-24-10-4-2-5-11-24)33(41)37-28-14-6-3-7-15-28/h2,4-5,8,10-13,17-18,20,22,28,31H,3,6-7,9,14-16,19,21,23H2,1H3,(H,37,41)/t31-/m1/s1. The highest BCUT2D eigenvalue weighted by Crippen LogP contribution is 2.31. The molecule has 11 heteroatoms. The van der Waals surface area contributed by atoms with Gasteiger partial charge in [0, 0.05) is 42.0 Å². The molecule has 1 atom stereocenters. The van der Waals surface area contributed by atoms with E-state index in [1.54, 1.807) is 23.1 Å². The monoisotopic (exact) mass is 677 g/mol. The quantitative estimate of drug-likeness (QED) is 0.206. The molecule has 4 rings (SSSR count). The Morgan fingerprint density at radius 1 is 0.886 bits per heavy atom. The minimum atomic E-state index is -3.73. The van der Waals surface area contributed by atoms with Gasteiger partial charge in [-0.25, -0.2) is 8.42 Å². The molecule has 7 nitrogen and oxygen atoms in total. The maximum Gasteiger partial charge on any atom is 0.243 e. The van der Waals surface area contributed by atoms with Crippen molar-refractivity contribution in [3.8, 4) is 0 Å². The zero-order valence-electron chi connectivity index (χ0n) is 24.7. The second kappa shape index (κ2) is 16.0. The average Bonchev–Trinajstić information content (AvgIpc) is 2.99. The number of amides is 2. The number of carbonyl (C=O) groups is 2. The van der Waals surface area contributed by atoms with Crippen LogP contribution in [0, 0.1) is 0 Å². The van der Waals surface area contributed by atoms with Crippen molar-refractivity contribution in [2.75, 3.05) is 17.1 Å². The van der Waals surface area contributed by atoms with Gasteiger partial charge in [-0.1, -0.05) is 96.5 Å². The molecule has 2 amide bonds. The number of hydrogen-bond donors (Lipinski definition) is 1. The number of carbonyl (C=O) groups excluding carboxylic acids is 2. The Morgan fingerprint density at radius 3 is 2.25 bits per heavy atom. The molecule has 0 heterocycles. The predicted molar refractivity (Wildman–Crippen MR) is 179 cm³/mol. The van der Waals surface area contributed by atoms with Gasteiger partial charge in [0.25, 0.3) is 0 Å². The van der Waals surface area contributed by atoms with Crippen LogP contribution < -0.4 is 9.62 Å². The summed E-state index contributed by atoms with van der Waals surface area (Å²) in [6.45, 7) is 0.179. The Morgan fingerprint density at radius 2 is 1.57 bits per heavy atom. The first-order valence-electron chi connectivity index (χ1n) is 14.8. The number of benzene rings is 3. The predicted octanol–water partition coefficient (Wildman–Crippen LogP) is 7.28. The highest BCUT2D eigenvalue weighted by Gasteiger charge is 2.32. The van der Waals surface area contributed by atoms with E-state index in [1.165, 1.54) is 12.1 Å². The second-order valence-corrected chi connectivity index (χ2v) is 14.4. The van der Waals surface area contributed by atoms with Crippen LogP contribution >= 0.6 is 34.8 Å². The van der Waals surface area contributed by atoms with Crippen molar-refractivity contribution in [3.05, 3.63) is 99.0 Å². The first-order valence-corrected chi connectivity index (χ1v) is 17.8. The van der Waals surface area contributed by atoms with Crippen LogP contribution in [-0.4, -0.2) is 50.0 Å². The number of nitrogens with zero attached hydrogens (tertiary/aromatic N) is 2. The Hall–Kier alpha value is -2.78. The van der Waals surface area contributed by atoms with Crippen molar-refractivity contribution in [2.45, 2.75) is 70.0 Å². The van der Waals surface area contributed by atoms with E-state index >= 15 is 0 Å². The molecule has 0 bridgehead atoms. The summed E-state index contributed by atoms with van der Waals surface area (Å²) in [5.74, 6) is -0.463. The van der Waals surface area contributed by atoms with Crippen LogP contribution in [0.2, 0.25) is 15.1 Å². The van der Waals surface area contributed by atoms with Crippen LogP contribution in [0.4, 0.5) is 5.69 Å². The summed E-state index contributed by atoms with van der Waals surface area (Å²) in [5.41, 5.74) is 1.97. The van der Waals surface area contributed by atoms with Gasteiger partial charge in [-0.3, -0.25) is 13.9 Å². The molecule has 0 saturated heterocycles. The second-order valence-electron chi connectivity index (χ2n) is 11.2. The van der Waals surface area contributed by atoms with Gasteiger partial charge in [0.05, 0.1) is 17.0 Å². The van der Waals surface area contributed by atoms with Crippen LogP contribution in [0.1, 0.15) is 56.1 Å². The van der Waals surface area contributed by atoms with Gasteiger partial charge in [-0.15, -0.1) is 0 Å². The molecule has 0 aliphatic heterocycles. The molecule has 1 saturated carbocycles. The van der Waals surface area contributed by atoms with Crippen LogP contribution in [0.5, 0.6) is 0 Å². The Kier molecular flexibility index (Phi) is 12.4. The van der Waals surface area contributed by atoms with Crippen LogP contribution in [-0.2, 0) is 32.6 Å². The molecule has 0 unspecified atom stereocenters. The third-order valence-corrected chi connectivity index (χ3v) is 9.76. The highest BCUT2D eigenvalue weighted by molar-refractivity contribution is 7.92. The topological polar surface area (TPSA) is 86.8 Å². The zero-order chi connectivity index (χ0) is 31.7. The molecule has 1 fully saturated rings. The number of anilines is 1. The Balaban J connectivity index is 1.60. The summed E-state index contributed by atoms with van der Waals surface area (Å²) in [6.07, 6.45) is 6.74. The number of sulfonamides is 1. The van der Waals surface area contributed by atoms with Crippen molar-refractivity contribution < 1.29 is 18.0 Å². The van der Waals surface area contributed by atoms with E-state index < -0.39 is 16.1 Å². The largest absolute Gasteiger partial charge is 0.352 e. The molecule has 1 aliphatic carbocycles. The summed E-state index contributed by atoms with van der Waals surface area (Å²) in [6, 6.07) is 20.8. The normalized spacial score (nSPS) is 14.5. The Bertz CT molecular complexity index is 1530. The minimum absolute atomic E-state index is 0.00672. The number of nitrogens with one attached hydrogen (secondary N) is 1. The first kappa shape index (κ1) is 34.1. The lowest BCUT2D eigenvalue weighted by Gasteiger charge is -2.34. The maximum atomic E-state index is 14.0. The van der Waals surface area contributed by atoms with Crippen molar-refractivity contribution in [3.63, 3.8) is 0 Å². The van der Waals surface area contributed by atoms with Gasteiger partial charge in [0.1, 0.15) is 6.04 Å². The lowest BCUT2D eigenvalue weighted by atomic mass is 9.94. The molecule has 1 N–H and O–H groups in total.